The van der Waals surface area contributed by atoms with Gasteiger partial charge in [0.25, 0.3) is 5.69 Å². The van der Waals surface area contributed by atoms with E-state index in [1.54, 1.807) is 6.92 Å². The molecule has 0 spiro atoms. The largest absolute Gasteiger partial charge is 0.298 e. The summed E-state index contributed by atoms with van der Waals surface area (Å²) >= 11 is 0. The van der Waals surface area contributed by atoms with Gasteiger partial charge in [-0.3, -0.25) is 24.5 Å². The molecular weight excluding hydrogens is 480 g/mol. The van der Waals surface area contributed by atoms with Gasteiger partial charge in [-0.05, 0) is 54.2 Å². The molecule has 6 rings (SSSR count). The molecule has 3 aliphatic rings. The molecule has 3 aromatic carbocycles. The van der Waals surface area contributed by atoms with Gasteiger partial charge in [0.1, 0.15) is 0 Å². The first-order valence-electron chi connectivity index (χ1n) is 12.7. The average molecular weight is 507 g/mol. The van der Waals surface area contributed by atoms with Crippen molar-refractivity contribution in [3.8, 4) is 0 Å². The maximum absolute atomic E-state index is 14.5. The number of nitro groups is 1. The number of non-ortho nitro benzene ring substituents is 1. The Morgan fingerprint density at radius 1 is 0.842 bits per heavy atom. The molecule has 1 heterocycles. The second-order valence-electron chi connectivity index (χ2n) is 10.5. The van der Waals surface area contributed by atoms with E-state index in [0.717, 1.165) is 22.3 Å². The first-order valence-corrected chi connectivity index (χ1v) is 12.7. The Morgan fingerprint density at radius 2 is 1.39 bits per heavy atom. The van der Waals surface area contributed by atoms with E-state index in [1.165, 1.54) is 23.1 Å². The lowest BCUT2D eigenvalue weighted by atomic mass is 9.62. The molecule has 7 heteroatoms. The standard InChI is InChI=1S/C31H26N2O5/c1-4-31-24(20-13-9-6-10-14-20)23(19-11-7-5-8-12-19)30(3,29(31)36)25-26(31)28(35)32(27(25)34)22-16-15-21(33(37)38)17-18(22)2/h5-17,25-26H,4H2,1-3H3/t25-,26-,30-,31+/m0/s1. The molecule has 2 aliphatic carbocycles. The molecule has 2 bridgehead atoms. The van der Waals surface area contributed by atoms with Crippen LogP contribution in [0.3, 0.4) is 0 Å². The molecule has 2 fully saturated rings. The van der Waals surface area contributed by atoms with Gasteiger partial charge in [-0.25, -0.2) is 4.90 Å². The zero-order chi connectivity index (χ0) is 27.0. The summed E-state index contributed by atoms with van der Waals surface area (Å²) in [5.41, 5.74) is 1.65. The number of amides is 2. The van der Waals surface area contributed by atoms with E-state index in [0.29, 0.717) is 17.7 Å². The quantitative estimate of drug-likeness (QED) is 0.254. The van der Waals surface area contributed by atoms with Gasteiger partial charge in [0.05, 0.1) is 33.3 Å². The smallest absolute Gasteiger partial charge is 0.269 e. The lowest BCUT2D eigenvalue weighted by Gasteiger charge is -2.37. The van der Waals surface area contributed by atoms with E-state index < -0.39 is 39.4 Å². The van der Waals surface area contributed by atoms with Gasteiger partial charge in [0.2, 0.25) is 11.8 Å². The third-order valence-electron chi connectivity index (χ3n) is 8.87. The number of rotatable bonds is 5. The Hall–Kier alpha value is -4.39. The number of carbonyl (C=O) groups is 3. The number of aryl methyl sites for hydroxylation is 1. The highest BCUT2D eigenvalue weighted by atomic mass is 16.6. The molecule has 7 nitrogen and oxygen atoms in total. The molecule has 4 atom stereocenters. The second-order valence-corrected chi connectivity index (χ2v) is 10.5. The topological polar surface area (TPSA) is 97.6 Å². The predicted octanol–water partition coefficient (Wildman–Crippen LogP) is 5.62. The van der Waals surface area contributed by atoms with Crippen LogP contribution in [0.5, 0.6) is 0 Å². The van der Waals surface area contributed by atoms with E-state index in [4.69, 9.17) is 0 Å². The number of allylic oxidation sites excluding steroid dienone is 2. The Labute approximate surface area is 219 Å². The number of benzene rings is 3. The van der Waals surface area contributed by atoms with Crippen LogP contribution in [0.25, 0.3) is 11.1 Å². The normalized spacial score (nSPS) is 27.9. The number of anilines is 1. The number of ketones is 1. The van der Waals surface area contributed by atoms with E-state index in [9.17, 15) is 24.5 Å². The van der Waals surface area contributed by atoms with Crippen molar-refractivity contribution in [3.05, 3.63) is 106 Å². The van der Waals surface area contributed by atoms with Crippen LogP contribution in [0.1, 0.15) is 37.0 Å². The van der Waals surface area contributed by atoms with E-state index in [1.807, 2.05) is 74.5 Å². The second kappa shape index (κ2) is 8.05. The summed E-state index contributed by atoms with van der Waals surface area (Å²) in [5.74, 6) is -2.64. The van der Waals surface area contributed by atoms with Crippen LogP contribution in [-0.2, 0) is 14.4 Å². The molecule has 1 aliphatic heterocycles. The van der Waals surface area contributed by atoms with Crippen molar-refractivity contribution >= 4 is 40.1 Å². The zero-order valence-corrected chi connectivity index (χ0v) is 21.3. The number of imide groups is 1. The highest BCUT2D eigenvalue weighted by Crippen LogP contribution is 2.74. The lowest BCUT2D eigenvalue weighted by Crippen LogP contribution is -2.41. The highest BCUT2D eigenvalue weighted by Gasteiger charge is 2.79. The van der Waals surface area contributed by atoms with Crippen molar-refractivity contribution < 1.29 is 19.3 Å². The maximum Gasteiger partial charge on any atom is 0.269 e. The van der Waals surface area contributed by atoms with Crippen LogP contribution in [0.2, 0.25) is 0 Å². The summed E-state index contributed by atoms with van der Waals surface area (Å²) in [6.07, 6.45) is 0.370. The Balaban J connectivity index is 1.61. The predicted molar refractivity (Wildman–Crippen MR) is 143 cm³/mol. The number of fused-ring (bicyclic) bond motifs is 5. The Kier molecular flexibility index (Phi) is 5.08. The third kappa shape index (κ3) is 2.76. The van der Waals surface area contributed by atoms with Gasteiger partial charge in [0, 0.05) is 12.1 Å². The van der Waals surface area contributed by atoms with Crippen LogP contribution in [0.15, 0.2) is 78.9 Å². The zero-order valence-electron chi connectivity index (χ0n) is 21.3. The van der Waals surface area contributed by atoms with E-state index in [2.05, 4.69) is 0 Å². The first-order chi connectivity index (χ1) is 18.2. The molecule has 1 saturated carbocycles. The number of nitro benzene ring substituents is 1. The minimum Gasteiger partial charge on any atom is -0.298 e. The first kappa shape index (κ1) is 24.0. The van der Waals surface area contributed by atoms with Crippen molar-refractivity contribution in [2.75, 3.05) is 4.90 Å². The summed E-state index contributed by atoms with van der Waals surface area (Å²) in [4.78, 5) is 54.9. The van der Waals surface area contributed by atoms with Gasteiger partial charge in [-0.15, -0.1) is 0 Å². The molecular formula is C31H26N2O5. The lowest BCUT2D eigenvalue weighted by molar-refractivity contribution is -0.384. The van der Waals surface area contributed by atoms with E-state index in [-0.39, 0.29) is 11.5 Å². The van der Waals surface area contributed by atoms with Gasteiger partial charge >= 0.3 is 0 Å². The van der Waals surface area contributed by atoms with Crippen LogP contribution >= 0.6 is 0 Å². The minimum absolute atomic E-state index is 0.0815. The number of nitrogens with zero attached hydrogens (tertiary/aromatic N) is 2. The minimum atomic E-state index is -1.20. The summed E-state index contributed by atoms with van der Waals surface area (Å²) < 4.78 is 0. The molecule has 38 heavy (non-hydrogen) atoms. The summed E-state index contributed by atoms with van der Waals surface area (Å²) in [7, 11) is 0. The number of Topliss-reactive ketones (excluding diaryl/α,β-unsaturated/α-hetero) is 1. The summed E-state index contributed by atoms with van der Waals surface area (Å²) in [5, 5.41) is 11.3. The van der Waals surface area contributed by atoms with Gasteiger partial charge in [-0.1, -0.05) is 67.6 Å². The van der Waals surface area contributed by atoms with Gasteiger partial charge in [0.15, 0.2) is 5.78 Å². The number of hydrogen-bond acceptors (Lipinski definition) is 5. The van der Waals surface area contributed by atoms with Crippen LogP contribution in [0, 0.1) is 39.7 Å². The fourth-order valence-electron chi connectivity index (χ4n) is 7.37. The molecule has 190 valence electrons. The monoisotopic (exact) mass is 506 g/mol. The molecule has 0 aromatic heterocycles. The fraction of sp³-hybridized carbons (Fsp3) is 0.258. The van der Waals surface area contributed by atoms with Crippen LogP contribution in [0.4, 0.5) is 11.4 Å². The van der Waals surface area contributed by atoms with Crippen LogP contribution < -0.4 is 4.90 Å². The Morgan fingerprint density at radius 3 is 1.92 bits per heavy atom. The van der Waals surface area contributed by atoms with Crippen molar-refractivity contribution in [1.82, 2.24) is 0 Å². The molecule has 1 saturated heterocycles. The van der Waals surface area contributed by atoms with E-state index >= 15 is 0 Å². The molecule has 3 aromatic rings. The molecule has 2 amide bonds. The summed E-state index contributed by atoms with van der Waals surface area (Å²) in [6, 6.07) is 23.4. The fourth-order valence-corrected chi connectivity index (χ4v) is 7.37. The molecule has 0 N–H and O–H groups in total. The number of hydrogen-bond donors (Lipinski definition) is 0. The van der Waals surface area contributed by atoms with Crippen molar-refractivity contribution in [2.45, 2.75) is 27.2 Å². The van der Waals surface area contributed by atoms with Crippen molar-refractivity contribution in [1.29, 1.82) is 0 Å². The average Bonchev–Trinajstić information content (AvgIpc) is 3.39. The van der Waals surface area contributed by atoms with Crippen molar-refractivity contribution in [3.63, 3.8) is 0 Å². The van der Waals surface area contributed by atoms with Crippen LogP contribution in [-0.4, -0.2) is 22.5 Å². The number of carbonyl (C=O) groups excluding carboxylic acids is 3. The Bertz CT molecular complexity index is 1580. The van der Waals surface area contributed by atoms with Gasteiger partial charge < -0.3 is 0 Å². The summed E-state index contributed by atoms with van der Waals surface area (Å²) in [6.45, 7) is 5.38. The third-order valence-corrected chi connectivity index (χ3v) is 8.87. The van der Waals surface area contributed by atoms with Crippen molar-refractivity contribution in [2.24, 2.45) is 22.7 Å². The molecule has 0 unspecified atom stereocenters. The maximum atomic E-state index is 14.5. The molecule has 0 radical (unpaired) electrons. The highest BCUT2D eigenvalue weighted by molar-refractivity contribution is 6.34. The van der Waals surface area contributed by atoms with Gasteiger partial charge in [-0.2, -0.15) is 0 Å². The SMILES string of the molecule is CC[C@@]12C(=O)[C@@](C)(C(c3ccccc3)=C1c1ccccc1)[C@@H]1C(=O)N(c3ccc([N+](=O)[O-])cc3C)C(=O)[C@H]12.